The fraction of sp³-hybridized carbons (Fsp3) is 0.0909. The Bertz CT molecular complexity index is 1190. The summed E-state index contributed by atoms with van der Waals surface area (Å²) in [7, 11) is 0. The van der Waals surface area contributed by atoms with E-state index < -0.39 is 0 Å². The lowest BCUT2D eigenvalue weighted by Gasteiger charge is -2.08. The third-order valence-electron chi connectivity index (χ3n) is 4.36. The molecule has 2 aromatic heterocycles. The van der Waals surface area contributed by atoms with Gasteiger partial charge in [-0.1, -0.05) is 53.2 Å². The van der Waals surface area contributed by atoms with E-state index in [2.05, 4.69) is 15.5 Å². The summed E-state index contributed by atoms with van der Waals surface area (Å²) < 4.78 is 6.59. The predicted octanol–water partition coefficient (Wildman–Crippen LogP) is 3.51. The normalized spacial score (nSPS) is 10.7. The minimum Gasteiger partial charge on any atom is -0.333 e. The molecule has 0 aliphatic rings. The molecule has 0 spiro atoms. The number of pyridine rings is 1. The van der Waals surface area contributed by atoms with Crippen LogP contribution in [0.2, 0.25) is 0 Å². The molecule has 0 radical (unpaired) electrons. The SMILES string of the molecule is Cc1ccc(NC(=O)Cn2cccc(-c3nc(-c4ccccc4)no3)c2=O)cc1. The molecule has 0 unspecified atom stereocenters. The molecule has 0 saturated carbocycles. The fourth-order valence-corrected chi connectivity index (χ4v) is 2.85. The lowest BCUT2D eigenvalue weighted by Crippen LogP contribution is -2.28. The van der Waals surface area contributed by atoms with Gasteiger partial charge in [-0.05, 0) is 31.2 Å². The molecule has 7 heteroatoms. The van der Waals surface area contributed by atoms with Gasteiger partial charge in [0.25, 0.3) is 11.4 Å². The van der Waals surface area contributed by atoms with E-state index in [1.54, 1.807) is 18.3 Å². The molecule has 0 saturated heterocycles. The van der Waals surface area contributed by atoms with Gasteiger partial charge in [-0.15, -0.1) is 0 Å². The second kappa shape index (κ2) is 7.93. The summed E-state index contributed by atoms with van der Waals surface area (Å²) in [6, 6.07) is 20.0. The number of nitrogens with one attached hydrogen (secondary N) is 1. The summed E-state index contributed by atoms with van der Waals surface area (Å²) in [5.41, 5.74) is 2.42. The summed E-state index contributed by atoms with van der Waals surface area (Å²) in [4.78, 5) is 29.5. The molecule has 0 atom stereocenters. The van der Waals surface area contributed by atoms with Crippen LogP contribution in [0, 0.1) is 6.92 Å². The van der Waals surface area contributed by atoms with Gasteiger partial charge in [-0.25, -0.2) is 0 Å². The number of hydrogen-bond donors (Lipinski definition) is 1. The Balaban J connectivity index is 1.55. The zero-order valence-electron chi connectivity index (χ0n) is 15.7. The van der Waals surface area contributed by atoms with Crippen molar-refractivity contribution < 1.29 is 9.32 Å². The van der Waals surface area contributed by atoms with E-state index in [1.165, 1.54) is 4.57 Å². The summed E-state index contributed by atoms with van der Waals surface area (Å²) >= 11 is 0. The van der Waals surface area contributed by atoms with Crippen LogP contribution in [-0.4, -0.2) is 20.6 Å². The smallest absolute Gasteiger partial charge is 0.263 e. The lowest BCUT2D eigenvalue weighted by atomic mass is 10.2. The first kappa shape index (κ1) is 18.4. The summed E-state index contributed by atoms with van der Waals surface area (Å²) in [5, 5.41) is 6.72. The molecule has 0 bridgehead atoms. The van der Waals surface area contributed by atoms with E-state index in [0.29, 0.717) is 11.5 Å². The molecule has 4 rings (SSSR count). The highest BCUT2D eigenvalue weighted by Gasteiger charge is 2.15. The first-order chi connectivity index (χ1) is 14.1. The monoisotopic (exact) mass is 386 g/mol. The Labute approximate surface area is 166 Å². The molecule has 144 valence electrons. The molecule has 1 amide bonds. The van der Waals surface area contributed by atoms with E-state index in [4.69, 9.17) is 4.52 Å². The van der Waals surface area contributed by atoms with Crippen molar-refractivity contribution in [3.63, 3.8) is 0 Å². The molecule has 0 aliphatic heterocycles. The van der Waals surface area contributed by atoms with Crippen LogP contribution in [0.15, 0.2) is 82.2 Å². The number of carbonyl (C=O) groups is 1. The van der Waals surface area contributed by atoms with Crippen LogP contribution in [0.1, 0.15) is 5.56 Å². The van der Waals surface area contributed by atoms with Gasteiger partial charge < -0.3 is 14.4 Å². The van der Waals surface area contributed by atoms with Gasteiger partial charge in [-0.2, -0.15) is 4.98 Å². The maximum Gasteiger partial charge on any atom is 0.263 e. The van der Waals surface area contributed by atoms with Crippen molar-refractivity contribution in [3.8, 4) is 22.8 Å². The van der Waals surface area contributed by atoms with Crippen molar-refractivity contribution in [2.45, 2.75) is 13.5 Å². The number of aromatic nitrogens is 3. The first-order valence-electron chi connectivity index (χ1n) is 9.05. The Morgan fingerprint density at radius 1 is 1.03 bits per heavy atom. The number of amides is 1. The molecule has 0 fully saturated rings. The van der Waals surface area contributed by atoms with Gasteiger partial charge in [0.05, 0.1) is 0 Å². The molecule has 0 aliphatic carbocycles. The van der Waals surface area contributed by atoms with Crippen LogP contribution < -0.4 is 10.9 Å². The molecule has 2 aromatic carbocycles. The Hall–Kier alpha value is -4.00. The average Bonchev–Trinajstić information content (AvgIpc) is 3.22. The highest BCUT2D eigenvalue weighted by atomic mass is 16.5. The number of aryl methyl sites for hydroxylation is 1. The molecule has 1 N–H and O–H groups in total. The maximum atomic E-state index is 12.8. The Morgan fingerprint density at radius 2 is 1.79 bits per heavy atom. The first-order valence-corrected chi connectivity index (χ1v) is 9.05. The van der Waals surface area contributed by atoms with Crippen molar-refractivity contribution in [2.75, 3.05) is 5.32 Å². The number of benzene rings is 2. The molecule has 2 heterocycles. The third-order valence-corrected chi connectivity index (χ3v) is 4.36. The van der Waals surface area contributed by atoms with Crippen LogP contribution in [-0.2, 0) is 11.3 Å². The average molecular weight is 386 g/mol. The number of carbonyl (C=O) groups excluding carboxylic acids is 1. The minimum atomic E-state index is -0.380. The number of hydrogen-bond acceptors (Lipinski definition) is 5. The molecule has 7 nitrogen and oxygen atoms in total. The summed E-state index contributed by atoms with van der Waals surface area (Å²) in [6.45, 7) is 1.84. The summed E-state index contributed by atoms with van der Waals surface area (Å²) in [5.74, 6) is 0.207. The lowest BCUT2D eigenvalue weighted by molar-refractivity contribution is -0.116. The second-order valence-corrected chi connectivity index (χ2v) is 6.56. The van der Waals surface area contributed by atoms with E-state index >= 15 is 0 Å². The van der Waals surface area contributed by atoms with Gasteiger partial charge in [-0.3, -0.25) is 9.59 Å². The molecule has 4 aromatic rings. The number of nitrogens with zero attached hydrogens (tertiary/aromatic N) is 3. The van der Waals surface area contributed by atoms with Crippen molar-refractivity contribution in [2.24, 2.45) is 0 Å². The largest absolute Gasteiger partial charge is 0.333 e. The second-order valence-electron chi connectivity index (χ2n) is 6.56. The van der Waals surface area contributed by atoms with Gasteiger partial charge in [0.2, 0.25) is 11.7 Å². The van der Waals surface area contributed by atoms with E-state index in [-0.39, 0.29) is 29.5 Å². The number of rotatable bonds is 5. The van der Waals surface area contributed by atoms with Crippen LogP contribution >= 0.6 is 0 Å². The minimum absolute atomic E-state index is 0.113. The molecular formula is C22H18N4O3. The fourth-order valence-electron chi connectivity index (χ4n) is 2.85. The van der Waals surface area contributed by atoms with Gasteiger partial charge >= 0.3 is 0 Å². The number of anilines is 1. The van der Waals surface area contributed by atoms with E-state index in [0.717, 1.165) is 11.1 Å². The predicted molar refractivity (Wildman–Crippen MR) is 109 cm³/mol. The van der Waals surface area contributed by atoms with Gasteiger partial charge in [0.15, 0.2) is 0 Å². The third kappa shape index (κ3) is 4.14. The van der Waals surface area contributed by atoms with Crippen molar-refractivity contribution in [1.29, 1.82) is 0 Å². The quantitative estimate of drug-likeness (QED) is 0.567. The van der Waals surface area contributed by atoms with Crippen molar-refractivity contribution in [1.82, 2.24) is 14.7 Å². The molecular weight excluding hydrogens is 368 g/mol. The van der Waals surface area contributed by atoms with Gasteiger partial charge in [0.1, 0.15) is 12.1 Å². The Morgan fingerprint density at radius 3 is 2.55 bits per heavy atom. The van der Waals surface area contributed by atoms with Crippen LogP contribution in [0.5, 0.6) is 0 Å². The highest BCUT2D eigenvalue weighted by molar-refractivity contribution is 5.90. The van der Waals surface area contributed by atoms with E-state index in [1.807, 2.05) is 61.5 Å². The van der Waals surface area contributed by atoms with Crippen LogP contribution in [0.3, 0.4) is 0 Å². The topological polar surface area (TPSA) is 90.0 Å². The summed E-state index contributed by atoms with van der Waals surface area (Å²) in [6.07, 6.45) is 1.55. The van der Waals surface area contributed by atoms with Crippen molar-refractivity contribution >= 4 is 11.6 Å². The maximum absolute atomic E-state index is 12.8. The van der Waals surface area contributed by atoms with Crippen LogP contribution in [0.4, 0.5) is 5.69 Å². The molecule has 29 heavy (non-hydrogen) atoms. The van der Waals surface area contributed by atoms with E-state index in [9.17, 15) is 9.59 Å². The zero-order chi connectivity index (χ0) is 20.2. The Kier molecular flexibility index (Phi) is 5.03. The van der Waals surface area contributed by atoms with Gasteiger partial charge in [0, 0.05) is 17.4 Å². The zero-order valence-corrected chi connectivity index (χ0v) is 15.7. The standard InChI is InChI=1S/C22H18N4O3/c1-15-9-11-17(12-10-15)23-19(27)14-26-13-5-8-18(22(26)28)21-24-20(25-29-21)16-6-3-2-4-7-16/h2-13H,14H2,1H3,(H,23,27). The highest BCUT2D eigenvalue weighted by Crippen LogP contribution is 2.19. The van der Waals surface area contributed by atoms with Crippen LogP contribution in [0.25, 0.3) is 22.8 Å². The van der Waals surface area contributed by atoms with Crippen molar-refractivity contribution in [3.05, 3.63) is 88.8 Å².